The van der Waals surface area contributed by atoms with Crippen LogP contribution >= 0.6 is 0 Å². The van der Waals surface area contributed by atoms with Crippen LogP contribution in [0.1, 0.15) is 37.2 Å². The predicted octanol–water partition coefficient (Wildman–Crippen LogP) is 1.81. The fraction of sp³-hybridized carbons (Fsp3) is 0.556. The molecule has 2 aliphatic heterocycles. The van der Waals surface area contributed by atoms with Gasteiger partial charge in [-0.05, 0) is 30.9 Å². The van der Waals surface area contributed by atoms with Crippen LogP contribution in [0.3, 0.4) is 0 Å². The number of nitrogens with one attached hydrogen (secondary N) is 2. The van der Waals surface area contributed by atoms with Crippen molar-refractivity contribution in [1.82, 2.24) is 5.32 Å². The Balaban J connectivity index is 1.39. The van der Waals surface area contributed by atoms with Crippen LogP contribution in [0.25, 0.3) is 0 Å². The van der Waals surface area contributed by atoms with Gasteiger partial charge >= 0.3 is 0 Å². The molecule has 1 saturated heterocycles. The first-order valence-corrected chi connectivity index (χ1v) is 8.60. The Hall–Kier alpha value is -1.92. The molecular formula is C18H24N2O4. The molecule has 2 heterocycles. The molecule has 0 aromatic heterocycles. The van der Waals surface area contributed by atoms with Gasteiger partial charge in [-0.3, -0.25) is 9.59 Å². The van der Waals surface area contributed by atoms with Crippen molar-refractivity contribution in [3.63, 3.8) is 0 Å². The van der Waals surface area contributed by atoms with Crippen LogP contribution in [-0.2, 0) is 19.1 Å². The van der Waals surface area contributed by atoms with E-state index in [9.17, 15) is 9.59 Å². The predicted molar refractivity (Wildman–Crippen MR) is 89.8 cm³/mol. The van der Waals surface area contributed by atoms with Gasteiger partial charge in [0.05, 0.1) is 18.6 Å². The molecule has 1 aromatic carbocycles. The van der Waals surface area contributed by atoms with Crippen molar-refractivity contribution in [2.75, 3.05) is 31.7 Å². The normalized spacial score (nSPS) is 22.8. The summed E-state index contributed by atoms with van der Waals surface area (Å²) < 4.78 is 11.1. The number of amides is 2. The molecule has 2 aliphatic rings. The Labute approximate surface area is 141 Å². The van der Waals surface area contributed by atoms with Gasteiger partial charge in [-0.15, -0.1) is 0 Å². The zero-order chi connectivity index (χ0) is 16.8. The van der Waals surface area contributed by atoms with Crippen molar-refractivity contribution in [1.29, 1.82) is 0 Å². The molecule has 0 radical (unpaired) electrons. The number of hydrogen-bond donors (Lipinski definition) is 2. The Morgan fingerprint density at radius 3 is 3.08 bits per heavy atom. The summed E-state index contributed by atoms with van der Waals surface area (Å²) in [6.45, 7) is 2.61. The third-order valence-electron chi connectivity index (χ3n) is 4.41. The van der Waals surface area contributed by atoms with Crippen LogP contribution in [0, 0.1) is 0 Å². The third-order valence-corrected chi connectivity index (χ3v) is 4.41. The van der Waals surface area contributed by atoms with E-state index in [2.05, 4.69) is 10.6 Å². The maximum atomic E-state index is 12.4. The van der Waals surface area contributed by atoms with Gasteiger partial charge in [0, 0.05) is 31.9 Å². The van der Waals surface area contributed by atoms with E-state index in [4.69, 9.17) is 9.47 Å². The van der Waals surface area contributed by atoms with Crippen molar-refractivity contribution < 1.29 is 19.1 Å². The number of benzene rings is 1. The molecule has 6 heteroatoms. The van der Waals surface area contributed by atoms with Gasteiger partial charge in [-0.25, -0.2) is 0 Å². The lowest BCUT2D eigenvalue weighted by atomic mass is 9.90. The molecule has 0 bridgehead atoms. The fourth-order valence-corrected chi connectivity index (χ4v) is 3.14. The minimum atomic E-state index is -0.414. The molecule has 2 unspecified atom stereocenters. The third kappa shape index (κ3) is 4.33. The van der Waals surface area contributed by atoms with Crippen LogP contribution in [0.15, 0.2) is 24.3 Å². The molecule has 1 fully saturated rings. The first kappa shape index (κ1) is 16.9. The molecule has 2 amide bonds. The number of ether oxygens (including phenoxy) is 2. The van der Waals surface area contributed by atoms with Crippen LogP contribution in [0.4, 0.5) is 5.69 Å². The van der Waals surface area contributed by atoms with Gasteiger partial charge in [0.15, 0.2) is 0 Å². The van der Waals surface area contributed by atoms with Crippen LogP contribution in [0.2, 0.25) is 0 Å². The van der Waals surface area contributed by atoms with Gasteiger partial charge in [0.2, 0.25) is 11.8 Å². The van der Waals surface area contributed by atoms with Gasteiger partial charge in [-0.2, -0.15) is 0 Å². The van der Waals surface area contributed by atoms with Gasteiger partial charge in [0.1, 0.15) is 0 Å². The Kier molecular flexibility index (Phi) is 5.82. The van der Waals surface area contributed by atoms with Gasteiger partial charge in [-0.1, -0.05) is 18.2 Å². The van der Waals surface area contributed by atoms with Crippen molar-refractivity contribution >= 4 is 17.5 Å². The molecule has 3 rings (SSSR count). The maximum absolute atomic E-state index is 12.4. The highest BCUT2D eigenvalue weighted by atomic mass is 16.5. The second-order valence-electron chi connectivity index (χ2n) is 6.25. The summed E-state index contributed by atoms with van der Waals surface area (Å²) in [7, 11) is 0. The van der Waals surface area contributed by atoms with Crippen molar-refractivity contribution in [2.24, 2.45) is 0 Å². The van der Waals surface area contributed by atoms with Crippen molar-refractivity contribution in [2.45, 2.75) is 37.7 Å². The molecule has 0 saturated carbocycles. The second kappa shape index (κ2) is 8.26. The maximum Gasteiger partial charge on any atom is 0.228 e. The highest BCUT2D eigenvalue weighted by molar-refractivity contribution is 6.01. The standard InChI is InChI=1S/C18H24N2O4/c21-17-11-15(14-6-1-2-7-16(14)20-17)18(22)19-8-4-9-23-12-13-5-3-10-24-13/h1-2,6-7,13,15H,3-5,8-12H2,(H,19,22)(H,20,21). The number of fused-ring (bicyclic) bond motifs is 1. The van der Waals surface area contributed by atoms with E-state index >= 15 is 0 Å². The Bertz CT molecular complexity index is 584. The summed E-state index contributed by atoms with van der Waals surface area (Å²) in [5.74, 6) is -0.632. The zero-order valence-corrected chi connectivity index (χ0v) is 13.8. The fourth-order valence-electron chi connectivity index (χ4n) is 3.14. The zero-order valence-electron chi connectivity index (χ0n) is 13.8. The summed E-state index contributed by atoms with van der Waals surface area (Å²) in [5, 5.41) is 5.72. The summed E-state index contributed by atoms with van der Waals surface area (Å²) in [6, 6.07) is 7.45. The number of anilines is 1. The summed E-state index contributed by atoms with van der Waals surface area (Å²) >= 11 is 0. The van der Waals surface area contributed by atoms with Gasteiger partial charge < -0.3 is 20.1 Å². The largest absolute Gasteiger partial charge is 0.379 e. The number of hydrogen-bond acceptors (Lipinski definition) is 4. The van der Waals surface area contributed by atoms with Gasteiger partial charge in [0.25, 0.3) is 0 Å². The quantitative estimate of drug-likeness (QED) is 0.747. The van der Waals surface area contributed by atoms with E-state index in [1.54, 1.807) is 0 Å². The molecule has 0 aliphatic carbocycles. The molecule has 2 atom stereocenters. The highest BCUT2D eigenvalue weighted by Gasteiger charge is 2.30. The van der Waals surface area contributed by atoms with E-state index in [0.717, 1.165) is 37.1 Å². The van der Waals surface area contributed by atoms with E-state index in [1.807, 2.05) is 24.3 Å². The minimum absolute atomic E-state index is 0.101. The van der Waals surface area contributed by atoms with Crippen LogP contribution in [-0.4, -0.2) is 44.3 Å². The molecule has 130 valence electrons. The first-order valence-electron chi connectivity index (χ1n) is 8.60. The summed E-state index contributed by atoms with van der Waals surface area (Å²) in [5.41, 5.74) is 1.61. The van der Waals surface area contributed by atoms with Crippen molar-refractivity contribution in [3.05, 3.63) is 29.8 Å². The van der Waals surface area contributed by atoms with E-state index in [0.29, 0.717) is 19.8 Å². The van der Waals surface area contributed by atoms with E-state index in [1.165, 1.54) is 0 Å². The molecular weight excluding hydrogens is 308 g/mol. The van der Waals surface area contributed by atoms with E-state index in [-0.39, 0.29) is 24.3 Å². The summed E-state index contributed by atoms with van der Waals surface area (Å²) in [6.07, 6.45) is 3.36. The molecule has 1 aromatic rings. The topological polar surface area (TPSA) is 76.7 Å². The Morgan fingerprint density at radius 1 is 1.38 bits per heavy atom. The lowest BCUT2D eigenvalue weighted by molar-refractivity contribution is -0.126. The second-order valence-corrected chi connectivity index (χ2v) is 6.25. The van der Waals surface area contributed by atoms with Crippen LogP contribution in [0.5, 0.6) is 0 Å². The molecule has 6 nitrogen and oxygen atoms in total. The smallest absolute Gasteiger partial charge is 0.228 e. The number of rotatable bonds is 7. The number of carbonyl (C=O) groups is 2. The highest BCUT2D eigenvalue weighted by Crippen LogP contribution is 2.31. The monoisotopic (exact) mass is 332 g/mol. The van der Waals surface area contributed by atoms with Crippen molar-refractivity contribution in [3.8, 4) is 0 Å². The average molecular weight is 332 g/mol. The first-order chi connectivity index (χ1) is 11.7. The average Bonchev–Trinajstić information content (AvgIpc) is 3.10. The summed E-state index contributed by atoms with van der Waals surface area (Å²) in [4.78, 5) is 24.2. The lowest BCUT2D eigenvalue weighted by Gasteiger charge is -2.24. The minimum Gasteiger partial charge on any atom is -0.379 e. The number of carbonyl (C=O) groups excluding carboxylic acids is 2. The molecule has 24 heavy (non-hydrogen) atoms. The lowest BCUT2D eigenvalue weighted by Crippen LogP contribution is -2.35. The number of para-hydroxylation sites is 1. The SMILES string of the molecule is O=C1CC(C(=O)NCCCOCC2CCCO2)c2ccccc2N1. The molecule has 0 spiro atoms. The van der Waals surface area contributed by atoms with E-state index < -0.39 is 5.92 Å². The van der Waals surface area contributed by atoms with Crippen LogP contribution < -0.4 is 10.6 Å². The molecule has 2 N–H and O–H groups in total. The Morgan fingerprint density at radius 2 is 2.25 bits per heavy atom.